The first-order valence-corrected chi connectivity index (χ1v) is 15.1. The number of aromatic nitrogens is 1. The molecule has 1 saturated carbocycles. The van der Waals surface area contributed by atoms with Crippen molar-refractivity contribution in [1.82, 2.24) is 14.8 Å². The van der Waals surface area contributed by atoms with Gasteiger partial charge in [-0.25, -0.2) is 8.42 Å². The number of alkyl halides is 3. The Labute approximate surface area is 236 Å². The van der Waals surface area contributed by atoms with Crippen molar-refractivity contribution in [2.75, 3.05) is 20.1 Å². The molecule has 3 aromatic rings. The third kappa shape index (κ3) is 5.48. The van der Waals surface area contributed by atoms with Gasteiger partial charge < -0.3 is 20.5 Å². The van der Waals surface area contributed by atoms with Crippen molar-refractivity contribution in [2.45, 2.75) is 49.0 Å². The zero-order chi connectivity index (χ0) is 28.8. The lowest BCUT2D eigenvalue weighted by atomic mass is 9.94. The Morgan fingerprint density at radius 2 is 1.80 bits per heavy atom. The van der Waals surface area contributed by atoms with E-state index in [4.69, 9.17) is 18.0 Å². The van der Waals surface area contributed by atoms with E-state index in [1.54, 1.807) is 0 Å². The summed E-state index contributed by atoms with van der Waals surface area (Å²) in [5.74, 6) is -0.0127. The molecule has 1 saturated heterocycles. The first-order valence-electron chi connectivity index (χ1n) is 13.2. The molecule has 1 amide bonds. The molecule has 3 N–H and O–H groups in total. The van der Waals surface area contributed by atoms with E-state index in [1.807, 2.05) is 60.3 Å². The quantitative estimate of drug-likeness (QED) is 0.391. The Balaban J connectivity index is 1.46. The van der Waals surface area contributed by atoms with Gasteiger partial charge in [0.15, 0.2) is 0 Å². The number of hydrogen-bond acceptors (Lipinski definition) is 5. The Hall–Kier alpha value is -2.96. The number of hydrogen-bond donors (Lipinski definition) is 2. The van der Waals surface area contributed by atoms with Crippen LogP contribution in [0.5, 0.6) is 0 Å². The van der Waals surface area contributed by atoms with Crippen molar-refractivity contribution >= 4 is 43.9 Å². The van der Waals surface area contributed by atoms with Gasteiger partial charge in [0.25, 0.3) is 9.84 Å². The minimum Gasteiger partial charge on any atom is -0.389 e. The first kappa shape index (κ1) is 28.6. The minimum atomic E-state index is -5.25. The molecule has 1 aliphatic carbocycles. The molecule has 0 atom stereocenters. The van der Waals surface area contributed by atoms with Crippen molar-refractivity contribution in [3.05, 3.63) is 59.8 Å². The van der Waals surface area contributed by atoms with E-state index in [2.05, 4.69) is 10.2 Å². The Morgan fingerprint density at radius 3 is 2.42 bits per heavy atom. The van der Waals surface area contributed by atoms with E-state index in [1.165, 1.54) is 0 Å². The van der Waals surface area contributed by atoms with Crippen LogP contribution in [0.2, 0.25) is 0 Å². The van der Waals surface area contributed by atoms with Gasteiger partial charge in [-0.3, -0.25) is 4.79 Å². The fourth-order valence-corrected chi connectivity index (χ4v) is 7.20. The number of nitrogens with one attached hydrogen (secondary N) is 1. The molecule has 2 aliphatic rings. The number of amides is 1. The fraction of sp³-hybridized carbons (Fsp3) is 0.429. The van der Waals surface area contributed by atoms with Crippen LogP contribution in [0.3, 0.4) is 0 Å². The molecule has 40 heavy (non-hydrogen) atoms. The number of benzene rings is 2. The number of carbonyl (C=O) groups excluding carboxylic acids is 1. The van der Waals surface area contributed by atoms with E-state index in [0.29, 0.717) is 24.9 Å². The van der Waals surface area contributed by atoms with Crippen LogP contribution in [0.1, 0.15) is 42.9 Å². The van der Waals surface area contributed by atoms with Crippen LogP contribution >= 0.6 is 12.2 Å². The topological polar surface area (TPSA) is 97.4 Å². The van der Waals surface area contributed by atoms with Crippen molar-refractivity contribution < 1.29 is 26.4 Å². The van der Waals surface area contributed by atoms with Crippen LogP contribution in [0.25, 0.3) is 22.0 Å². The van der Waals surface area contributed by atoms with Crippen LogP contribution in [-0.4, -0.2) is 59.7 Å². The number of fused-ring (bicyclic) bond motifs is 1. The molecule has 5 rings (SSSR count). The lowest BCUT2D eigenvalue weighted by Gasteiger charge is -2.34. The standard InChI is InChI=1S/C28H31F3N4O3S2/c1-34-14-20(15-34)27(36)33-13-17-5-10-23-24(18-3-2-4-19(12-18)26(32)39)16-35(25(23)11-17)21-6-8-22(9-7-21)40(37,38)28(29,30)31/h2-5,10-12,16,20-22H,6-9,13-15H2,1H3,(H2,32,39)(H,33,36). The average molecular weight is 593 g/mol. The second-order valence-electron chi connectivity index (χ2n) is 10.8. The van der Waals surface area contributed by atoms with Gasteiger partial charge in [0.05, 0.1) is 11.2 Å². The van der Waals surface area contributed by atoms with E-state index < -0.39 is 20.6 Å². The van der Waals surface area contributed by atoms with Gasteiger partial charge in [-0.05, 0) is 56.0 Å². The largest absolute Gasteiger partial charge is 0.497 e. The van der Waals surface area contributed by atoms with Crippen molar-refractivity contribution in [2.24, 2.45) is 11.7 Å². The SMILES string of the molecule is CN1CC(C(=O)NCc2ccc3c(-c4cccc(C(N)=S)c4)cn(C4CCC(S(=O)(=O)C(F)(F)F)CC4)c3c2)C1. The summed E-state index contributed by atoms with van der Waals surface area (Å²) in [5, 5.41) is 2.51. The molecule has 0 bridgehead atoms. The molecule has 1 aliphatic heterocycles. The number of sulfone groups is 1. The smallest absolute Gasteiger partial charge is 0.389 e. The zero-order valence-corrected chi connectivity index (χ0v) is 23.6. The van der Waals surface area contributed by atoms with Crippen molar-refractivity contribution in [3.63, 3.8) is 0 Å². The summed E-state index contributed by atoms with van der Waals surface area (Å²) >= 11 is 5.15. The summed E-state index contributed by atoms with van der Waals surface area (Å²) in [6, 6.07) is 13.3. The second kappa shape index (κ2) is 10.8. The number of rotatable bonds is 7. The summed E-state index contributed by atoms with van der Waals surface area (Å²) in [7, 11) is -3.24. The predicted molar refractivity (Wildman–Crippen MR) is 152 cm³/mol. The highest BCUT2D eigenvalue weighted by atomic mass is 32.2. The number of carbonyl (C=O) groups is 1. The minimum absolute atomic E-state index is 0.00744. The molecule has 214 valence electrons. The van der Waals surface area contributed by atoms with E-state index in [9.17, 15) is 26.4 Å². The molecular formula is C28H31F3N4O3S2. The van der Waals surface area contributed by atoms with E-state index in [0.717, 1.165) is 40.7 Å². The molecule has 0 unspecified atom stereocenters. The molecule has 12 heteroatoms. The van der Waals surface area contributed by atoms with Crippen molar-refractivity contribution in [1.29, 1.82) is 0 Å². The second-order valence-corrected chi connectivity index (χ2v) is 13.5. The maximum atomic E-state index is 13.2. The fourth-order valence-electron chi connectivity index (χ4n) is 5.80. The van der Waals surface area contributed by atoms with E-state index >= 15 is 0 Å². The molecule has 7 nitrogen and oxygen atoms in total. The number of nitrogens with two attached hydrogens (primary N) is 1. The van der Waals surface area contributed by atoms with Gasteiger partial charge in [-0.2, -0.15) is 13.2 Å². The van der Waals surface area contributed by atoms with Crippen LogP contribution in [0.4, 0.5) is 13.2 Å². The average Bonchev–Trinajstić information content (AvgIpc) is 3.28. The predicted octanol–water partition coefficient (Wildman–Crippen LogP) is 4.54. The normalized spacial score (nSPS) is 20.8. The summed E-state index contributed by atoms with van der Waals surface area (Å²) < 4.78 is 65.5. The molecule has 2 fully saturated rings. The summed E-state index contributed by atoms with van der Waals surface area (Å²) in [4.78, 5) is 14.8. The highest BCUT2D eigenvalue weighted by Gasteiger charge is 2.51. The molecule has 2 heterocycles. The summed E-state index contributed by atoms with van der Waals surface area (Å²) in [6.07, 6.45) is 2.44. The van der Waals surface area contributed by atoms with Gasteiger partial charge in [-0.15, -0.1) is 0 Å². The van der Waals surface area contributed by atoms with Gasteiger partial charge in [-0.1, -0.05) is 42.5 Å². The first-order chi connectivity index (χ1) is 18.8. The molecule has 1 aromatic heterocycles. The van der Waals surface area contributed by atoms with E-state index in [-0.39, 0.29) is 35.7 Å². The Bertz CT molecular complexity index is 1550. The molecule has 2 aromatic carbocycles. The monoisotopic (exact) mass is 592 g/mol. The van der Waals surface area contributed by atoms with Gasteiger partial charge in [0.1, 0.15) is 4.99 Å². The number of thiocarbonyl (C=S) groups is 1. The lowest BCUT2D eigenvalue weighted by Crippen LogP contribution is -2.51. The number of likely N-dealkylation sites (tertiary alicyclic amines) is 1. The van der Waals surface area contributed by atoms with Gasteiger partial charge in [0, 0.05) is 53.9 Å². The molecule has 0 radical (unpaired) electrons. The Kier molecular flexibility index (Phi) is 7.71. The van der Waals surface area contributed by atoms with Crippen LogP contribution < -0.4 is 11.1 Å². The highest BCUT2D eigenvalue weighted by molar-refractivity contribution is 7.92. The number of halogens is 3. The van der Waals surface area contributed by atoms with Crippen molar-refractivity contribution in [3.8, 4) is 11.1 Å². The maximum Gasteiger partial charge on any atom is 0.497 e. The molecular weight excluding hydrogens is 561 g/mol. The summed E-state index contributed by atoms with van der Waals surface area (Å²) in [5.41, 5.74) is 4.88. The maximum absolute atomic E-state index is 13.2. The summed E-state index contributed by atoms with van der Waals surface area (Å²) in [6.45, 7) is 1.81. The lowest BCUT2D eigenvalue weighted by molar-refractivity contribution is -0.129. The third-order valence-electron chi connectivity index (χ3n) is 8.06. The van der Waals surface area contributed by atoms with Crippen LogP contribution in [0, 0.1) is 5.92 Å². The number of nitrogens with zero attached hydrogens (tertiary/aromatic N) is 2. The van der Waals surface area contributed by atoms with Gasteiger partial charge in [0.2, 0.25) is 5.91 Å². The Morgan fingerprint density at radius 1 is 1.10 bits per heavy atom. The third-order valence-corrected chi connectivity index (χ3v) is 10.3. The zero-order valence-electron chi connectivity index (χ0n) is 21.9. The van der Waals surface area contributed by atoms with Crippen LogP contribution in [-0.2, 0) is 21.2 Å². The highest BCUT2D eigenvalue weighted by Crippen LogP contribution is 2.41. The van der Waals surface area contributed by atoms with Gasteiger partial charge >= 0.3 is 5.51 Å². The van der Waals surface area contributed by atoms with Crippen LogP contribution in [0.15, 0.2) is 48.7 Å². The molecule has 0 spiro atoms.